The highest BCUT2D eigenvalue weighted by Gasteiger charge is 2.25. The molecule has 1 aliphatic rings. The quantitative estimate of drug-likeness (QED) is 0.347. The summed E-state index contributed by atoms with van der Waals surface area (Å²) in [5.41, 5.74) is 0.157. The molecular weight excluding hydrogens is 276 g/mol. The zero-order valence-electron chi connectivity index (χ0n) is 13.1. The Kier molecular flexibility index (Phi) is 7.31. The highest BCUT2D eigenvalue weighted by molar-refractivity contribution is 5.86. The van der Waals surface area contributed by atoms with Crippen molar-refractivity contribution in [2.75, 3.05) is 39.6 Å². The molecule has 0 radical (unpaired) electrons. The molecule has 21 heavy (non-hydrogen) atoms. The minimum Gasteiger partial charge on any atom is -0.460 e. The number of ether oxygens (including phenoxy) is 4. The molecular formula is C15H26O6. The van der Waals surface area contributed by atoms with E-state index >= 15 is 0 Å². The summed E-state index contributed by atoms with van der Waals surface area (Å²) in [6, 6.07) is 0. The second-order valence-electron chi connectivity index (χ2n) is 6.18. The lowest BCUT2D eigenvalue weighted by Crippen LogP contribution is -2.30. The molecule has 1 aliphatic heterocycles. The van der Waals surface area contributed by atoms with Gasteiger partial charge in [0.1, 0.15) is 18.8 Å². The highest BCUT2D eigenvalue weighted by atomic mass is 16.6. The molecule has 1 N–H and O–H groups in total. The van der Waals surface area contributed by atoms with E-state index in [0.717, 1.165) is 6.61 Å². The maximum absolute atomic E-state index is 11.2. The van der Waals surface area contributed by atoms with Crippen LogP contribution in [0.25, 0.3) is 0 Å². The maximum Gasteiger partial charge on any atom is 0.333 e. The summed E-state index contributed by atoms with van der Waals surface area (Å²) >= 11 is 0. The van der Waals surface area contributed by atoms with Crippen LogP contribution < -0.4 is 0 Å². The molecule has 6 nitrogen and oxygen atoms in total. The number of esters is 1. The fourth-order valence-corrected chi connectivity index (χ4v) is 1.49. The van der Waals surface area contributed by atoms with Gasteiger partial charge in [-0.2, -0.15) is 0 Å². The molecule has 1 rings (SSSR count). The van der Waals surface area contributed by atoms with Crippen molar-refractivity contribution in [3.05, 3.63) is 12.2 Å². The van der Waals surface area contributed by atoms with E-state index < -0.39 is 12.1 Å². The number of hydrogen-bond donors (Lipinski definition) is 1. The Bertz CT molecular complexity index is 348. The number of carbonyl (C=O) groups is 1. The molecule has 122 valence electrons. The summed E-state index contributed by atoms with van der Waals surface area (Å²) in [5, 5.41) is 9.65. The lowest BCUT2D eigenvalue weighted by Gasteiger charge is -2.24. The van der Waals surface area contributed by atoms with Crippen LogP contribution in [-0.2, 0) is 23.7 Å². The molecule has 0 bridgehead atoms. The van der Waals surface area contributed by atoms with Gasteiger partial charge in [-0.3, -0.25) is 0 Å². The first-order chi connectivity index (χ1) is 9.80. The molecule has 1 fully saturated rings. The lowest BCUT2D eigenvalue weighted by molar-refractivity contribution is -0.143. The Labute approximate surface area is 126 Å². The first-order valence-corrected chi connectivity index (χ1v) is 7.08. The monoisotopic (exact) mass is 302 g/mol. The Morgan fingerprint density at radius 1 is 1.38 bits per heavy atom. The van der Waals surface area contributed by atoms with Gasteiger partial charge >= 0.3 is 5.97 Å². The summed E-state index contributed by atoms with van der Waals surface area (Å²) in [6.45, 7) is 11.5. The van der Waals surface area contributed by atoms with E-state index in [0.29, 0.717) is 25.4 Å². The van der Waals surface area contributed by atoms with Crippen molar-refractivity contribution in [1.29, 1.82) is 0 Å². The molecule has 6 heteroatoms. The molecule has 1 saturated heterocycles. The Hall–Kier alpha value is -0.950. The van der Waals surface area contributed by atoms with Crippen molar-refractivity contribution >= 4 is 5.97 Å². The Balaban J connectivity index is 2.06. The number of aliphatic hydroxyl groups is 1. The normalized spacial score (nSPS) is 19.1. The SMILES string of the molecule is C=C(C)C(=O)OCC(O)COCC(C)(C)COCC1CO1. The molecule has 0 aromatic heterocycles. The van der Waals surface area contributed by atoms with E-state index in [1.54, 1.807) is 6.92 Å². The van der Waals surface area contributed by atoms with Gasteiger partial charge < -0.3 is 24.1 Å². The van der Waals surface area contributed by atoms with E-state index in [9.17, 15) is 9.90 Å². The third-order valence-corrected chi connectivity index (χ3v) is 2.76. The third kappa shape index (κ3) is 8.83. The van der Waals surface area contributed by atoms with Crippen LogP contribution in [0, 0.1) is 5.41 Å². The first kappa shape index (κ1) is 18.1. The standard InChI is InChI=1S/C15H26O6/c1-11(2)14(17)21-6-12(16)5-18-9-15(3,4)10-19-7-13-8-20-13/h12-13,16H,1,5-10H2,2-4H3. The zero-order chi connectivity index (χ0) is 15.9. The van der Waals surface area contributed by atoms with E-state index in [1.807, 2.05) is 13.8 Å². The number of aliphatic hydroxyl groups excluding tert-OH is 1. The Morgan fingerprint density at radius 2 is 2.00 bits per heavy atom. The summed E-state index contributed by atoms with van der Waals surface area (Å²) in [4.78, 5) is 11.2. The van der Waals surface area contributed by atoms with Crippen LogP contribution in [0.5, 0.6) is 0 Å². The molecule has 0 aromatic rings. The minimum atomic E-state index is -0.843. The van der Waals surface area contributed by atoms with Crippen molar-refractivity contribution < 1.29 is 28.8 Å². The molecule has 0 aliphatic carbocycles. The molecule has 0 saturated carbocycles. The first-order valence-electron chi connectivity index (χ1n) is 7.08. The van der Waals surface area contributed by atoms with E-state index in [-0.39, 0.29) is 24.7 Å². The lowest BCUT2D eigenvalue weighted by atomic mass is 9.96. The third-order valence-electron chi connectivity index (χ3n) is 2.76. The maximum atomic E-state index is 11.2. The predicted octanol–water partition coefficient (Wildman–Crippen LogP) is 0.925. The second kappa shape index (κ2) is 8.48. The van der Waals surface area contributed by atoms with Crippen molar-refractivity contribution in [2.45, 2.75) is 33.0 Å². The van der Waals surface area contributed by atoms with Crippen LogP contribution in [0.3, 0.4) is 0 Å². The molecule has 0 amide bonds. The second-order valence-corrected chi connectivity index (χ2v) is 6.18. The molecule has 1 heterocycles. The smallest absolute Gasteiger partial charge is 0.333 e. The summed E-state index contributed by atoms with van der Waals surface area (Å²) in [7, 11) is 0. The van der Waals surface area contributed by atoms with Crippen LogP contribution >= 0.6 is 0 Å². The van der Waals surface area contributed by atoms with Gasteiger partial charge in [-0.05, 0) is 6.92 Å². The summed E-state index contributed by atoms with van der Waals surface area (Å²) in [5.74, 6) is -0.509. The van der Waals surface area contributed by atoms with Crippen LogP contribution in [0.15, 0.2) is 12.2 Å². The average molecular weight is 302 g/mol. The summed E-state index contributed by atoms with van der Waals surface area (Å²) < 4.78 is 20.9. The van der Waals surface area contributed by atoms with Crippen molar-refractivity contribution in [3.8, 4) is 0 Å². The van der Waals surface area contributed by atoms with Crippen LogP contribution in [0.1, 0.15) is 20.8 Å². The average Bonchev–Trinajstić information content (AvgIpc) is 3.19. The fourth-order valence-electron chi connectivity index (χ4n) is 1.49. The van der Waals surface area contributed by atoms with Crippen LogP contribution in [-0.4, -0.2) is 62.9 Å². The Morgan fingerprint density at radius 3 is 2.57 bits per heavy atom. The number of hydrogen-bond acceptors (Lipinski definition) is 6. The van der Waals surface area contributed by atoms with Gasteiger partial charge in [0, 0.05) is 11.0 Å². The fraction of sp³-hybridized carbons (Fsp3) is 0.800. The number of carbonyl (C=O) groups excluding carboxylic acids is 1. The van der Waals surface area contributed by atoms with Gasteiger partial charge in [0.2, 0.25) is 0 Å². The van der Waals surface area contributed by atoms with Gasteiger partial charge in [-0.1, -0.05) is 20.4 Å². The molecule has 2 unspecified atom stereocenters. The van der Waals surface area contributed by atoms with Gasteiger partial charge in [0.15, 0.2) is 0 Å². The zero-order valence-corrected chi connectivity index (χ0v) is 13.1. The van der Waals surface area contributed by atoms with Gasteiger partial charge in [0.25, 0.3) is 0 Å². The van der Waals surface area contributed by atoms with Crippen molar-refractivity contribution in [3.63, 3.8) is 0 Å². The van der Waals surface area contributed by atoms with Crippen LogP contribution in [0.2, 0.25) is 0 Å². The number of epoxide rings is 1. The highest BCUT2D eigenvalue weighted by Crippen LogP contribution is 2.18. The number of rotatable bonds is 11. The largest absolute Gasteiger partial charge is 0.460 e. The van der Waals surface area contributed by atoms with Crippen molar-refractivity contribution in [2.24, 2.45) is 5.41 Å². The molecule has 0 spiro atoms. The summed E-state index contributed by atoms with van der Waals surface area (Å²) in [6.07, 6.45) is -0.587. The predicted molar refractivity (Wildman–Crippen MR) is 76.9 cm³/mol. The van der Waals surface area contributed by atoms with E-state index in [2.05, 4.69) is 6.58 Å². The van der Waals surface area contributed by atoms with Crippen LogP contribution in [0.4, 0.5) is 0 Å². The minimum absolute atomic E-state index is 0.0956. The molecule has 2 atom stereocenters. The van der Waals surface area contributed by atoms with E-state index in [1.165, 1.54) is 0 Å². The van der Waals surface area contributed by atoms with Crippen molar-refractivity contribution in [1.82, 2.24) is 0 Å². The van der Waals surface area contributed by atoms with E-state index in [4.69, 9.17) is 18.9 Å². The van der Waals surface area contributed by atoms with Gasteiger partial charge in [-0.25, -0.2) is 4.79 Å². The molecule has 0 aromatic carbocycles. The topological polar surface area (TPSA) is 77.5 Å². The van der Waals surface area contributed by atoms with Gasteiger partial charge in [0.05, 0.1) is 33.0 Å². The van der Waals surface area contributed by atoms with Gasteiger partial charge in [-0.15, -0.1) is 0 Å².